The second-order valence-corrected chi connectivity index (χ2v) is 25.7. The van der Waals surface area contributed by atoms with E-state index in [1.807, 2.05) is 0 Å². The van der Waals surface area contributed by atoms with Gasteiger partial charge in [0.15, 0.2) is 0 Å². The predicted octanol–water partition coefficient (Wildman–Crippen LogP) is 15.9. The van der Waals surface area contributed by atoms with E-state index in [4.69, 9.17) is 0 Å². The smallest absolute Gasteiger partial charge is 0.0788 e. The van der Waals surface area contributed by atoms with E-state index >= 15 is 0 Å². The van der Waals surface area contributed by atoms with Crippen molar-refractivity contribution in [1.29, 1.82) is 0 Å². The number of fused-ring (bicyclic) bond motifs is 20. The zero-order chi connectivity index (χ0) is 59.3. The molecule has 4 unspecified atom stereocenters. The van der Waals surface area contributed by atoms with Crippen LogP contribution in [0.2, 0.25) is 0 Å². The number of likely N-dealkylation sites (N-methyl/N-ethyl adjacent to an activating group) is 4. The van der Waals surface area contributed by atoms with E-state index in [0.29, 0.717) is 18.5 Å². The molecular formula is C78H73N9Y4-4. The zero-order valence-corrected chi connectivity index (χ0v) is 65.1. The molecule has 9 nitrogen and oxygen atoms in total. The summed E-state index contributed by atoms with van der Waals surface area (Å²) in [5, 5.41) is 4.94. The van der Waals surface area contributed by atoms with Gasteiger partial charge in [-0.25, -0.2) is 0 Å². The molecule has 8 aliphatic heterocycles. The maximum atomic E-state index is 2.43. The summed E-state index contributed by atoms with van der Waals surface area (Å²) in [6, 6.07) is 64.0. The van der Waals surface area contributed by atoms with Crippen LogP contribution in [0, 0.1) is 23.7 Å². The number of hydrogen-bond donors (Lipinski definition) is 0. The Kier molecular flexibility index (Phi) is 18.3. The molecule has 9 aromatic rings. The number of hydrogen-bond acceptors (Lipinski definition) is 8. The fourth-order valence-corrected chi connectivity index (χ4v) is 16.1. The first-order chi connectivity index (χ1) is 42.2. The largest absolute Gasteiger partial charge is 0.386 e. The van der Waals surface area contributed by atoms with E-state index < -0.39 is 0 Å². The number of benzene rings is 8. The molecule has 0 amide bonds. The Hall–Kier alpha value is -5.44. The Morgan fingerprint density at radius 2 is 0.956 bits per heavy atom. The van der Waals surface area contributed by atoms with E-state index in [9.17, 15) is 0 Å². The number of rotatable bonds is 2. The standard InChI is InChI=1S/C24H21N2.C21H21N2.C19H17N2.C14H14N3.4Y/c1-17-21-15-20(18-9-5-3-6-10-18)13-14-22(21)26-16-23(25(2)24(17)26)19-11-7-4-8-12-19;1-13-15-11-16-14-7-5-6-8-17(14)21(2,3)18(16)12-19(15)23-10-9-22(4)20(13)23;1-12-16-11-17-14(9-13-5-3-4-6-15(13)17)10-18(16)21-8-7-20(2)19(12)21;1-10-13-12-6-4-3-5-11(12)9-17(13)16-8-7-15(2)14(10)16;;;;/h3-16,24H,1-2H3;5-12,20H,1-4H3;3-8,10-11,19H,9H2,1-2H3;3-9,14H,1-2H3;;;;/q4*-1;;;;. The molecule has 91 heavy (non-hydrogen) atoms. The third kappa shape index (κ3) is 10.4. The van der Waals surface area contributed by atoms with E-state index in [-0.39, 0.29) is 142 Å². The van der Waals surface area contributed by atoms with Crippen molar-refractivity contribution in [3.05, 3.63) is 299 Å². The molecule has 19 rings (SSSR count). The molecule has 2 aliphatic carbocycles. The van der Waals surface area contributed by atoms with Gasteiger partial charge in [0.2, 0.25) is 0 Å². The van der Waals surface area contributed by atoms with Crippen LogP contribution in [-0.4, -0.2) is 77.1 Å². The van der Waals surface area contributed by atoms with Crippen molar-refractivity contribution in [3.63, 3.8) is 0 Å². The van der Waals surface area contributed by atoms with Crippen molar-refractivity contribution in [3.8, 4) is 33.4 Å². The van der Waals surface area contributed by atoms with Crippen LogP contribution in [0.25, 0.3) is 49.9 Å². The molecule has 0 N–H and O–H groups in total. The Bertz CT molecular complexity index is 4380. The van der Waals surface area contributed by atoms with Crippen molar-refractivity contribution in [2.75, 3.05) is 47.9 Å². The number of anilines is 3. The summed E-state index contributed by atoms with van der Waals surface area (Å²) in [4.78, 5) is 16.4. The van der Waals surface area contributed by atoms with E-state index in [1.54, 1.807) is 0 Å². The van der Waals surface area contributed by atoms with Crippen LogP contribution < -0.4 is 19.7 Å². The van der Waals surface area contributed by atoms with Crippen molar-refractivity contribution in [2.45, 2.75) is 78.0 Å². The second kappa shape index (κ2) is 25.4. The minimum atomic E-state index is 0. The summed E-state index contributed by atoms with van der Waals surface area (Å²) in [6.07, 6.45) is 19.9. The van der Waals surface area contributed by atoms with Gasteiger partial charge >= 0.3 is 0 Å². The summed E-state index contributed by atoms with van der Waals surface area (Å²) < 4.78 is 2.27. The van der Waals surface area contributed by atoms with Gasteiger partial charge in [0.25, 0.3) is 0 Å². The summed E-state index contributed by atoms with van der Waals surface area (Å²) in [5.74, 6) is 5.71. The molecule has 4 atom stereocenters. The van der Waals surface area contributed by atoms with Gasteiger partial charge in [-0.05, 0) is 39.8 Å². The quantitative estimate of drug-likeness (QED) is 0.158. The average Bonchev–Trinajstić information content (AvgIpc) is 1.63. The van der Waals surface area contributed by atoms with E-state index in [0.717, 1.165) is 6.42 Å². The van der Waals surface area contributed by atoms with Gasteiger partial charge in [-0.1, -0.05) is 242 Å². The normalized spacial score (nSPS) is 19.6. The average molecular weight is 1490 g/mol. The van der Waals surface area contributed by atoms with Gasteiger partial charge < -0.3 is 34.3 Å². The molecule has 13 heteroatoms. The van der Waals surface area contributed by atoms with E-state index in [1.165, 1.54) is 141 Å². The van der Waals surface area contributed by atoms with Crippen molar-refractivity contribution in [1.82, 2.24) is 24.3 Å². The molecule has 446 valence electrons. The van der Waals surface area contributed by atoms with Crippen molar-refractivity contribution < 1.29 is 131 Å². The van der Waals surface area contributed by atoms with Crippen LogP contribution >= 0.6 is 0 Å². The van der Waals surface area contributed by atoms with Gasteiger partial charge in [0, 0.05) is 214 Å². The molecule has 0 bridgehead atoms. The monoisotopic (exact) mass is 1490 g/mol. The second-order valence-electron chi connectivity index (χ2n) is 25.7. The van der Waals surface area contributed by atoms with Crippen LogP contribution in [0.1, 0.15) is 91.7 Å². The summed E-state index contributed by atoms with van der Waals surface area (Å²) in [6.45, 7) is 13.7. The Morgan fingerprint density at radius 1 is 0.407 bits per heavy atom. The van der Waals surface area contributed by atoms with Crippen molar-refractivity contribution >= 4 is 33.5 Å². The number of nitrogens with zero attached hydrogens (tertiary/aromatic N) is 9. The fourth-order valence-electron chi connectivity index (χ4n) is 16.1. The summed E-state index contributed by atoms with van der Waals surface area (Å²) in [7, 11) is 8.62. The van der Waals surface area contributed by atoms with Crippen LogP contribution in [0.4, 0.5) is 17.1 Å². The van der Waals surface area contributed by atoms with E-state index in [2.05, 4.69) is 339 Å². The summed E-state index contributed by atoms with van der Waals surface area (Å²) in [5.41, 5.74) is 26.2. The molecule has 4 radical (unpaired) electrons. The predicted molar refractivity (Wildman–Crippen MR) is 358 cm³/mol. The topological polar surface area (TPSA) is 30.9 Å². The molecule has 0 saturated carbocycles. The molecule has 9 heterocycles. The minimum Gasteiger partial charge on any atom is -0.386 e. The van der Waals surface area contributed by atoms with Crippen molar-refractivity contribution in [2.24, 2.45) is 0 Å². The maximum absolute atomic E-state index is 2.43. The maximum Gasteiger partial charge on any atom is 0.0788 e. The first-order valence-corrected chi connectivity index (χ1v) is 30.8. The number of aromatic nitrogens is 1. The molecular weight excluding hydrogens is 1420 g/mol. The minimum absolute atomic E-state index is 0. The molecule has 0 saturated heterocycles. The molecule has 8 aromatic carbocycles. The molecule has 10 aliphatic rings. The van der Waals surface area contributed by atoms with Gasteiger partial charge in [0.05, 0.1) is 30.4 Å². The van der Waals surface area contributed by atoms with Gasteiger partial charge in [-0.2, -0.15) is 40.8 Å². The van der Waals surface area contributed by atoms with Gasteiger partial charge in [0.1, 0.15) is 0 Å². The Labute approximate surface area is 639 Å². The summed E-state index contributed by atoms with van der Waals surface area (Å²) >= 11 is 0. The zero-order valence-electron chi connectivity index (χ0n) is 53.7. The first-order valence-electron chi connectivity index (χ1n) is 30.8. The van der Waals surface area contributed by atoms with Crippen LogP contribution in [0.3, 0.4) is 0 Å². The molecule has 0 fully saturated rings. The first kappa shape index (κ1) is 65.6. The Morgan fingerprint density at radius 3 is 1.65 bits per heavy atom. The van der Waals surface area contributed by atoms with Gasteiger partial charge in [-0.3, -0.25) is 9.69 Å². The molecule has 1 aromatic heterocycles. The third-order valence-electron chi connectivity index (χ3n) is 20.4. The molecule has 0 spiro atoms. The SMILES string of the molecule is C[C-]1c2c3ccccc3cn2N2C=CN(C)C12.C[C-]1c2cc(-c3ccccc3)ccc2N2C=C(c3ccccc3)N(C)C12.C[C-]1c2cc3c(cc2N2C=CN(C)C12)C(C)(C)c1ccccc1-3.C[C-]1c2cc3c(cc2N2C=CN(C)C12)Cc1ccccc1-3.[Y].[Y].[Y].[Y]. The Balaban J connectivity index is 0.000000117. The van der Waals surface area contributed by atoms with Gasteiger partial charge in [-0.15, -0.1) is 36.1 Å². The van der Waals surface area contributed by atoms with Crippen LogP contribution in [-0.2, 0) is 143 Å². The van der Waals surface area contributed by atoms with Crippen LogP contribution in [0.5, 0.6) is 0 Å². The fraction of sp³-hybridized carbons (Fsp3) is 0.205. The van der Waals surface area contributed by atoms with Crippen LogP contribution in [0.15, 0.2) is 226 Å². The third-order valence-corrected chi connectivity index (χ3v) is 20.4.